The zero-order chi connectivity index (χ0) is 16.3. The molecule has 0 aliphatic rings. The Morgan fingerprint density at radius 1 is 0.739 bits per heavy atom. The van der Waals surface area contributed by atoms with Gasteiger partial charge in [0, 0.05) is 5.56 Å². The molecule has 0 unspecified atom stereocenters. The summed E-state index contributed by atoms with van der Waals surface area (Å²) < 4.78 is 0. The van der Waals surface area contributed by atoms with E-state index in [4.69, 9.17) is 5.73 Å². The summed E-state index contributed by atoms with van der Waals surface area (Å²) in [7, 11) is 0. The SMILES string of the molecule is C=P(c1ccccc1)(c1ccccc1)c1ccccc1C(N)=O. The fraction of sp³-hybridized carbons (Fsp3) is 0. The Balaban J connectivity index is 2.35. The van der Waals surface area contributed by atoms with E-state index in [0.717, 1.165) is 15.9 Å². The molecular weight excluding hydrogens is 301 g/mol. The number of rotatable bonds is 4. The maximum absolute atomic E-state index is 11.9. The molecule has 0 bridgehead atoms. The van der Waals surface area contributed by atoms with Gasteiger partial charge in [0.15, 0.2) is 0 Å². The van der Waals surface area contributed by atoms with Crippen LogP contribution in [0.3, 0.4) is 0 Å². The maximum Gasteiger partial charge on any atom is 0.249 e. The van der Waals surface area contributed by atoms with Gasteiger partial charge in [-0.15, -0.1) is 0 Å². The third-order valence-corrected chi connectivity index (χ3v) is 7.55. The molecule has 2 nitrogen and oxygen atoms in total. The van der Waals surface area contributed by atoms with Crippen LogP contribution < -0.4 is 21.6 Å². The molecule has 0 saturated carbocycles. The lowest BCUT2D eigenvalue weighted by atomic mass is 10.2. The van der Waals surface area contributed by atoms with Gasteiger partial charge in [-0.05, 0) is 28.9 Å². The summed E-state index contributed by atoms with van der Waals surface area (Å²) in [5, 5.41) is 3.17. The zero-order valence-electron chi connectivity index (χ0n) is 12.7. The molecule has 114 valence electrons. The van der Waals surface area contributed by atoms with Gasteiger partial charge in [-0.1, -0.05) is 85.2 Å². The van der Waals surface area contributed by atoms with Gasteiger partial charge in [0.2, 0.25) is 5.91 Å². The molecule has 3 aromatic rings. The predicted molar refractivity (Wildman–Crippen MR) is 101 cm³/mol. The monoisotopic (exact) mass is 319 g/mol. The van der Waals surface area contributed by atoms with Crippen LogP contribution in [0.1, 0.15) is 10.4 Å². The highest BCUT2D eigenvalue weighted by molar-refractivity contribution is 7.93. The van der Waals surface area contributed by atoms with Gasteiger partial charge in [0.1, 0.15) is 0 Å². The van der Waals surface area contributed by atoms with Crippen molar-refractivity contribution in [1.82, 2.24) is 0 Å². The largest absolute Gasteiger partial charge is 0.366 e. The third-order valence-electron chi connectivity index (χ3n) is 3.97. The molecule has 0 aliphatic heterocycles. The van der Waals surface area contributed by atoms with Gasteiger partial charge in [-0.2, -0.15) is 0 Å². The second-order valence-corrected chi connectivity index (χ2v) is 8.50. The van der Waals surface area contributed by atoms with Gasteiger partial charge < -0.3 is 5.73 Å². The summed E-state index contributed by atoms with van der Waals surface area (Å²) in [6, 6.07) is 27.8. The van der Waals surface area contributed by atoms with Crippen molar-refractivity contribution >= 4 is 35.0 Å². The summed E-state index contributed by atoms with van der Waals surface area (Å²) in [4.78, 5) is 11.9. The van der Waals surface area contributed by atoms with Crippen molar-refractivity contribution < 1.29 is 4.79 Å². The maximum atomic E-state index is 11.9. The van der Waals surface area contributed by atoms with Crippen LogP contribution in [0.4, 0.5) is 0 Å². The van der Waals surface area contributed by atoms with Gasteiger partial charge in [0.05, 0.1) is 0 Å². The standard InChI is InChI=1S/C20H18NOP/c1-23(16-10-4-2-5-11-16,17-12-6-3-7-13-17)19-15-9-8-14-18(19)20(21)22/h2-15H,1H2,(H2,21,22). The van der Waals surface area contributed by atoms with Crippen LogP contribution in [-0.4, -0.2) is 12.2 Å². The second-order valence-electron chi connectivity index (χ2n) is 5.36. The van der Waals surface area contributed by atoms with Crippen LogP contribution in [0, 0.1) is 0 Å². The Labute approximate surface area is 136 Å². The molecule has 0 atom stereocenters. The number of hydrogen-bond donors (Lipinski definition) is 1. The van der Waals surface area contributed by atoms with E-state index in [1.165, 1.54) is 0 Å². The van der Waals surface area contributed by atoms with Crippen molar-refractivity contribution in [3.05, 3.63) is 90.5 Å². The Morgan fingerprint density at radius 3 is 1.65 bits per heavy atom. The molecule has 0 aromatic heterocycles. The second kappa shape index (κ2) is 6.28. The van der Waals surface area contributed by atoms with Gasteiger partial charge in [0.25, 0.3) is 0 Å². The zero-order valence-corrected chi connectivity index (χ0v) is 13.6. The van der Waals surface area contributed by atoms with E-state index in [2.05, 4.69) is 30.6 Å². The molecular formula is C20H18NOP. The van der Waals surface area contributed by atoms with Gasteiger partial charge >= 0.3 is 0 Å². The first kappa shape index (κ1) is 15.3. The van der Waals surface area contributed by atoms with Crippen LogP contribution in [0.5, 0.6) is 0 Å². The summed E-state index contributed by atoms with van der Waals surface area (Å²) in [6.07, 6.45) is 4.63. The highest BCUT2D eigenvalue weighted by Gasteiger charge is 2.25. The van der Waals surface area contributed by atoms with E-state index in [9.17, 15) is 4.79 Å². The first-order valence-corrected chi connectivity index (χ1v) is 9.35. The number of carbonyl (C=O) groups is 1. The average Bonchev–Trinajstić information content (AvgIpc) is 2.62. The van der Waals surface area contributed by atoms with E-state index >= 15 is 0 Å². The topological polar surface area (TPSA) is 43.1 Å². The number of amides is 1. The van der Waals surface area contributed by atoms with Gasteiger partial charge in [-0.25, -0.2) is 0 Å². The number of nitrogens with two attached hydrogens (primary N) is 1. The summed E-state index contributed by atoms with van der Waals surface area (Å²) in [5.41, 5.74) is 6.16. The number of carbonyl (C=O) groups excluding carboxylic acids is 1. The molecule has 2 N–H and O–H groups in total. The Kier molecular flexibility index (Phi) is 4.18. The van der Waals surface area contributed by atoms with Crippen LogP contribution in [-0.2, 0) is 0 Å². The third kappa shape index (κ3) is 2.74. The van der Waals surface area contributed by atoms with Crippen molar-refractivity contribution in [2.45, 2.75) is 0 Å². The molecule has 0 radical (unpaired) electrons. The van der Waals surface area contributed by atoms with Crippen molar-refractivity contribution in [2.24, 2.45) is 5.73 Å². The average molecular weight is 319 g/mol. The first-order valence-electron chi connectivity index (χ1n) is 7.38. The summed E-state index contributed by atoms with van der Waals surface area (Å²) >= 11 is 0. The van der Waals surface area contributed by atoms with E-state index in [1.54, 1.807) is 6.07 Å². The lowest BCUT2D eigenvalue weighted by Gasteiger charge is -2.28. The fourth-order valence-electron chi connectivity index (χ4n) is 2.81. The van der Waals surface area contributed by atoms with E-state index in [-0.39, 0.29) is 0 Å². The minimum Gasteiger partial charge on any atom is -0.366 e. The Bertz CT molecular complexity index is 829. The van der Waals surface area contributed by atoms with Crippen molar-refractivity contribution in [1.29, 1.82) is 0 Å². The van der Waals surface area contributed by atoms with Crippen molar-refractivity contribution in [2.75, 3.05) is 0 Å². The predicted octanol–water partition coefficient (Wildman–Crippen LogP) is 2.51. The minimum atomic E-state index is -2.17. The summed E-state index contributed by atoms with van der Waals surface area (Å²) in [6.45, 7) is -2.17. The lowest BCUT2D eigenvalue weighted by Crippen LogP contribution is -2.30. The highest BCUT2D eigenvalue weighted by atomic mass is 31.2. The number of hydrogen-bond acceptors (Lipinski definition) is 1. The molecule has 0 saturated heterocycles. The van der Waals surface area contributed by atoms with Crippen LogP contribution in [0.2, 0.25) is 0 Å². The van der Waals surface area contributed by atoms with E-state index < -0.39 is 12.8 Å². The molecule has 23 heavy (non-hydrogen) atoms. The first-order chi connectivity index (χ1) is 11.1. The normalized spacial score (nSPS) is 11.1. The molecule has 0 fully saturated rings. The van der Waals surface area contributed by atoms with E-state index in [1.807, 2.05) is 54.6 Å². The lowest BCUT2D eigenvalue weighted by molar-refractivity contribution is 0.100. The molecule has 0 heterocycles. The molecule has 0 aliphatic carbocycles. The molecule has 3 aromatic carbocycles. The van der Waals surface area contributed by atoms with Crippen LogP contribution in [0.25, 0.3) is 0 Å². The molecule has 3 heteroatoms. The fourth-order valence-corrected chi connectivity index (χ4v) is 5.96. The minimum absolute atomic E-state index is 0.416. The number of primary amides is 1. The molecule has 0 spiro atoms. The van der Waals surface area contributed by atoms with Crippen LogP contribution in [0.15, 0.2) is 84.9 Å². The Morgan fingerprint density at radius 2 is 1.17 bits per heavy atom. The van der Waals surface area contributed by atoms with Crippen LogP contribution >= 0.6 is 6.89 Å². The quantitative estimate of drug-likeness (QED) is 0.738. The molecule has 1 amide bonds. The highest BCUT2D eigenvalue weighted by Crippen LogP contribution is 2.42. The Hall–Kier alpha value is -2.57. The van der Waals surface area contributed by atoms with Crippen molar-refractivity contribution in [3.63, 3.8) is 0 Å². The molecule has 3 rings (SSSR count). The number of benzene rings is 3. The van der Waals surface area contributed by atoms with Gasteiger partial charge in [-0.3, -0.25) is 4.79 Å². The summed E-state index contributed by atoms with van der Waals surface area (Å²) in [5.74, 6) is -0.416. The van der Waals surface area contributed by atoms with E-state index in [0.29, 0.717) is 5.56 Å². The van der Waals surface area contributed by atoms with Crippen molar-refractivity contribution in [3.8, 4) is 0 Å². The smallest absolute Gasteiger partial charge is 0.249 e.